The van der Waals surface area contributed by atoms with Gasteiger partial charge in [0.25, 0.3) is 5.91 Å². The SMILES string of the molecule is O=C(c1cn[nH]c1C1CCCCC1)N1CCOc2ccc(CO)cc2C1. The number of hydrogen-bond acceptors (Lipinski definition) is 4. The highest BCUT2D eigenvalue weighted by Crippen LogP contribution is 2.34. The fourth-order valence-electron chi connectivity index (χ4n) is 4.06. The lowest BCUT2D eigenvalue weighted by molar-refractivity contribution is 0.0731. The van der Waals surface area contributed by atoms with Gasteiger partial charge in [-0.25, -0.2) is 0 Å². The molecule has 2 N–H and O–H groups in total. The van der Waals surface area contributed by atoms with Gasteiger partial charge in [-0.05, 0) is 30.5 Å². The van der Waals surface area contributed by atoms with E-state index in [1.807, 2.05) is 23.1 Å². The van der Waals surface area contributed by atoms with Crippen LogP contribution < -0.4 is 4.74 Å². The molecule has 4 rings (SSSR count). The maximum Gasteiger partial charge on any atom is 0.257 e. The summed E-state index contributed by atoms with van der Waals surface area (Å²) in [5.74, 6) is 1.20. The van der Waals surface area contributed by atoms with E-state index < -0.39 is 0 Å². The van der Waals surface area contributed by atoms with Crippen molar-refractivity contribution in [1.82, 2.24) is 15.1 Å². The Morgan fingerprint density at radius 3 is 2.96 bits per heavy atom. The number of aliphatic hydroxyl groups excluding tert-OH is 1. The second-order valence-corrected chi connectivity index (χ2v) is 7.21. The average Bonchev–Trinajstić information content (AvgIpc) is 3.08. The first-order valence-corrected chi connectivity index (χ1v) is 9.44. The number of aromatic amines is 1. The van der Waals surface area contributed by atoms with E-state index in [-0.39, 0.29) is 12.5 Å². The molecule has 2 aromatic rings. The van der Waals surface area contributed by atoms with Crippen LogP contribution in [0.1, 0.15) is 65.2 Å². The Morgan fingerprint density at radius 2 is 2.15 bits per heavy atom. The van der Waals surface area contributed by atoms with Crippen LogP contribution in [0, 0.1) is 0 Å². The summed E-state index contributed by atoms with van der Waals surface area (Å²) in [7, 11) is 0. The van der Waals surface area contributed by atoms with Gasteiger partial charge < -0.3 is 14.7 Å². The Labute approximate surface area is 153 Å². The van der Waals surface area contributed by atoms with Crippen LogP contribution in [-0.2, 0) is 13.2 Å². The monoisotopic (exact) mass is 355 g/mol. The maximum atomic E-state index is 13.2. The minimum atomic E-state index is -0.0191. The van der Waals surface area contributed by atoms with E-state index >= 15 is 0 Å². The molecule has 1 saturated carbocycles. The summed E-state index contributed by atoms with van der Waals surface area (Å²) in [5.41, 5.74) is 3.45. The van der Waals surface area contributed by atoms with Crippen LogP contribution in [0.25, 0.3) is 0 Å². The number of rotatable bonds is 3. The maximum absolute atomic E-state index is 13.2. The summed E-state index contributed by atoms with van der Waals surface area (Å²) in [5, 5.41) is 16.6. The van der Waals surface area contributed by atoms with Gasteiger partial charge in [0.2, 0.25) is 0 Å². The molecule has 6 heteroatoms. The highest BCUT2D eigenvalue weighted by atomic mass is 16.5. The Kier molecular flexibility index (Phi) is 4.93. The summed E-state index contributed by atoms with van der Waals surface area (Å²) in [6.07, 6.45) is 7.62. The highest BCUT2D eigenvalue weighted by molar-refractivity contribution is 5.95. The Morgan fingerprint density at radius 1 is 1.31 bits per heavy atom. The van der Waals surface area contributed by atoms with Crippen molar-refractivity contribution < 1.29 is 14.6 Å². The lowest BCUT2D eigenvalue weighted by atomic mass is 9.85. The molecule has 0 radical (unpaired) electrons. The molecule has 1 aromatic heterocycles. The van der Waals surface area contributed by atoms with Gasteiger partial charge in [0, 0.05) is 18.0 Å². The molecule has 0 atom stereocenters. The van der Waals surface area contributed by atoms with Gasteiger partial charge >= 0.3 is 0 Å². The number of aliphatic hydroxyl groups is 1. The van der Waals surface area contributed by atoms with E-state index in [1.54, 1.807) is 6.20 Å². The lowest BCUT2D eigenvalue weighted by Crippen LogP contribution is -2.33. The Bertz CT molecular complexity index is 780. The molecule has 0 unspecified atom stereocenters. The molecule has 0 saturated heterocycles. The van der Waals surface area contributed by atoms with E-state index in [1.165, 1.54) is 19.3 Å². The van der Waals surface area contributed by atoms with Crippen LogP contribution in [0.15, 0.2) is 24.4 Å². The number of carbonyl (C=O) groups excluding carboxylic acids is 1. The van der Waals surface area contributed by atoms with Gasteiger partial charge in [-0.15, -0.1) is 0 Å². The zero-order chi connectivity index (χ0) is 17.9. The Hall–Kier alpha value is -2.34. The van der Waals surface area contributed by atoms with Gasteiger partial charge in [-0.2, -0.15) is 5.10 Å². The predicted molar refractivity (Wildman–Crippen MR) is 97.0 cm³/mol. The van der Waals surface area contributed by atoms with Crippen molar-refractivity contribution in [3.05, 3.63) is 46.8 Å². The van der Waals surface area contributed by atoms with Crippen molar-refractivity contribution in [3.8, 4) is 5.75 Å². The van der Waals surface area contributed by atoms with Crippen molar-refractivity contribution >= 4 is 5.91 Å². The van der Waals surface area contributed by atoms with E-state index in [0.717, 1.165) is 35.4 Å². The molecule has 2 heterocycles. The number of benzene rings is 1. The zero-order valence-electron chi connectivity index (χ0n) is 14.9. The molecular weight excluding hydrogens is 330 g/mol. The smallest absolute Gasteiger partial charge is 0.257 e. The van der Waals surface area contributed by atoms with Gasteiger partial charge in [0.15, 0.2) is 0 Å². The molecule has 1 amide bonds. The number of H-pyrrole nitrogens is 1. The van der Waals surface area contributed by atoms with Crippen LogP contribution in [0.2, 0.25) is 0 Å². The van der Waals surface area contributed by atoms with Crippen molar-refractivity contribution in [1.29, 1.82) is 0 Å². The zero-order valence-corrected chi connectivity index (χ0v) is 14.9. The lowest BCUT2D eigenvalue weighted by Gasteiger charge is -2.24. The topological polar surface area (TPSA) is 78.5 Å². The van der Waals surface area contributed by atoms with Crippen LogP contribution in [0.3, 0.4) is 0 Å². The average molecular weight is 355 g/mol. The second kappa shape index (κ2) is 7.50. The third-order valence-electron chi connectivity index (χ3n) is 5.49. The fourth-order valence-corrected chi connectivity index (χ4v) is 4.06. The van der Waals surface area contributed by atoms with Crippen LogP contribution >= 0.6 is 0 Å². The summed E-state index contributed by atoms with van der Waals surface area (Å²) < 4.78 is 5.79. The normalized spacial score (nSPS) is 18.1. The molecule has 138 valence electrons. The molecule has 1 aliphatic carbocycles. The van der Waals surface area contributed by atoms with Crippen LogP contribution in [-0.4, -0.2) is 39.3 Å². The molecular formula is C20H25N3O3. The number of amides is 1. The van der Waals surface area contributed by atoms with Gasteiger partial charge in [0.1, 0.15) is 12.4 Å². The van der Waals surface area contributed by atoms with Gasteiger partial charge in [0.05, 0.1) is 30.6 Å². The highest BCUT2D eigenvalue weighted by Gasteiger charge is 2.28. The first kappa shape index (κ1) is 17.1. The second-order valence-electron chi connectivity index (χ2n) is 7.21. The van der Waals surface area contributed by atoms with E-state index in [4.69, 9.17) is 4.74 Å². The quantitative estimate of drug-likeness (QED) is 0.887. The Balaban J connectivity index is 1.57. The van der Waals surface area contributed by atoms with E-state index in [0.29, 0.717) is 31.2 Å². The summed E-state index contributed by atoms with van der Waals surface area (Å²) >= 11 is 0. The molecule has 0 bridgehead atoms. The third-order valence-corrected chi connectivity index (χ3v) is 5.49. The molecule has 0 spiro atoms. The van der Waals surface area contributed by atoms with Crippen molar-refractivity contribution in [2.24, 2.45) is 0 Å². The van der Waals surface area contributed by atoms with E-state index in [9.17, 15) is 9.90 Å². The van der Waals surface area contributed by atoms with Crippen molar-refractivity contribution in [2.45, 2.75) is 51.2 Å². The van der Waals surface area contributed by atoms with Crippen molar-refractivity contribution in [3.63, 3.8) is 0 Å². The number of fused-ring (bicyclic) bond motifs is 1. The molecule has 1 aromatic carbocycles. The van der Waals surface area contributed by atoms with Crippen LogP contribution in [0.5, 0.6) is 5.75 Å². The summed E-state index contributed by atoms with van der Waals surface area (Å²) in [4.78, 5) is 15.0. The molecule has 2 aliphatic rings. The van der Waals surface area contributed by atoms with Crippen LogP contribution in [0.4, 0.5) is 0 Å². The number of ether oxygens (including phenoxy) is 1. The summed E-state index contributed by atoms with van der Waals surface area (Å²) in [6.45, 7) is 1.47. The fraction of sp³-hybridized carbons (Fsp3) is 0.500. The molecule has 1 fully saturated rings. The predicted octanol–water partition coefficient (Wildman–Crippen LogP) is 2.98. The first-order valence-electron chi connectivity index (χ1n) is 9.44. The number of aromatic nitrogens is 2. The molecule has 1 aliphatic heterocycles. The number of nitrogens with zero attached hydrogens (tertiary/aromatic N) is 2. The molecule has 26 heavy (non-hydrogen) atoms. The number of hydrogen-bond donors (Lipinski definition) is 2. The summed E-state index contributed by atoms with van der Waals surface area (Å²) in [6, 6.07) is 5.64. The largest absolute Gasteiger partial charge is 0.491 e. The minimum Gasteiger partial charge on any atom is -0.491 e. The standard InChI is InChI=1S/C20H25N3O3/c24-13-14-6-7-18-16(10-14)12-23(8-9-26-18)20(25)17-11-21-22-19(17)15-4-2-1-3-5-15/h6-7,10-11,15,24H,1-5,8-9,12-13H2,(H,21,22). The van der Waals surface area contributed by atoms with E-state index in [2.05, 4.69) is 10.2 Å². The van der Waals surface area contributed by atoms with Crippen molar-refractivity contribution in [2.75, 3.05) is 13.2 Å². The van der Waals surface area contributed by atoms with Gasteiger partial charge in [-0.1, -0.05) is 25.3 Å². The molecule has 6 nitrogen and oxygen atoms in total. The minimum absolute atomic E-state index is 0.00479. The van der Waals surface area contributed by atoms with Gasteiger partial charge in [-0.3, -0.25) is 9.89 Å². The number of carbonyl (C=O) groups is 1. The first-order chi connectivity index (χ1) is 12.8. The number of nitrogens with one attached hydrogen (secondary N) is 1. The third kappa shape index (κ3) is 3.33.